The van der Waals surface area contributed by atoms with Crippen LogP contribution >= 0.6 is 11.6 Å². The Morgan fingerprint density at radius 3 is 2.70 bits per heavy atom. The number of benzene rings is 1. The summed E-state index contributed by atoms with van der Waals surface area (Å²) in [5, 5.41) is 3.07. The van der Waals surface area contributed by atoms with Crippen LogP contribution in [-0.4, -0.2) is 19.3 Å². The summed E-state index contributed by atoms with van der Waals surface area (Å²) in [7, 11) is 1.64. The van der Waals surface area contributed by atoms with Gasteiger partial charge in [-0.15, -0.1) is 0 Å². The number of halogens is 4. The van der Waals surface area contributed by atoms with Crippen LogP contribution in [0.15, 0.2) is 18.2 Å². The van der Waals surface area contributed by atoms with Crippen LogP contribution in [0, 0.1) is 0 Å². The SMILES string of the molecule is COC1CCCC(Nc2ccc(Cl)cc2C(F)(F)F)C1. The molecule has 0 heterocycles. The number of hydrogen-bond donors (Lipinski definition) is 1. The van der Waals surface area contributed by atoms with E-state index in [1.54, 1.807) is 7.11 Å². The number of anilines is 1. The lowest BCUT2D eigenvalue weighted by atomic mass is 9.92. The highest BCUT2D eigenvalue weighted by molar-refractivity contribution is 6.30. The minimum Gasteiger partial charge on any atom is -0.382 e. The number of nitrogens with one attached hydrogen (secondary N) is 1. The average molecular weight is 308 g/mol. The lowest BCUT2D eigenvalue weighted by molar-refractivity contribution is -0.137. The Bertz CT molecular complexity index is 464. The number of ether oxygens (including phenoxy) is 1. The first-order valence-electron chi connectivity index (χ1n) is 6.56. The third-order valence-corrected chi connectivity index (χ3v) is 3.84. The Balaban J connectivity index is 2.16. The van der Waals surface area contributed by atoms with Crippen LogP contribution in [0.25, 0.3) is 0 Å². The highest BCUT2D eigenvalue weighted by atomic mass is 35.5. The molecule has 20 heavy (non-hydrogen) atoms. The molecular formula is C14H17ClF3NO. The van der Waals surface area contributed by atoms with Gasteiger partial charge in [0.25, 0.3) is 0 Å². The van der Waals surface area contributed by atoms with Crippen LogP contribution in [-0.2, 0) is 10.9 Å². The summed E-state index contributed by atoms with van der Waals surface area (Å²) in [4.78, 5) is 0. The molecule has 0 saturated heterocycles. The first kappa shape index (κ1) is 15.4. The van der Waals surface area contributed by atoms with E-state index in [0.29, 0.717) is 0 Å². The standard InChI is InChI=1S/C14H17ClF3NO/c1-20-11-4-2-3-10(8-11)19-13-6-5-9(15)7-12(13)14(16,17)18/h5-7,10-11,19H,2-4,8H2,1H3. The van der Waals surface area contributed by atoms with E-state index in [1.165, 1.54) is 12.1 Å². The molecular weight excluding hydrogens is 291 g/mol. The zero-order valence-electron chi connectivity index (χ0n) is 11.1. The van der Waals surface area contributed by atoms with E-state index < -0.39 is 11.7 Å². The van der Waals surface area contributed by atoms with Gasteiger partial charge in [-0.2, -0.15) is 13.2 Å². The van der Waals surface area contributed by atoms with Gasteiger partial charge in [0.2, 0.25) is 0 Å². The summed E-state index contributed by atoms with van der Waals surface area (Å²) in [6, 6.07) is 3.81. The summed E-state index contributed by atoms with van der Waals surface area (Å²) in [5.41, 5.74) is -0.631. The van der Waals surface area contributed by atoms with Gasteiger partial charge in [0.15, 0.2) is 0 Å². The second-order valence-electron chi connectivity index (χ2n) is 5.05. The molecule has 0 bridgehead atoms. The first-order chi connectivity index (χ1) is 9.40. The number of rotatable bonds is 3. The van der Waals surface area contributed by atoms with Crippen molar-refractivity contribution >= 4 is 17.3 Å². The van der Waals surface area contributed by atoms with Crippen molar-refractivity contribution in [3.8, 4) is 0 Å². The van der Waals surface area contributed by atoms with Crippen molar-refractivity contribution in [2.75, 3.05) is 12.4 Å². The number of methoxy groups -OCH3 is 1. The normalized spacial score (nSPS) is 23.6. The van der Waals surface area contributed by atoms with Gasteiger partial charge in [-0.25, -0.2) is 0 Å². The van der Waals surface area contributed by atoms with Crippen LogP contribution < -0.4 is 5.32 Å². The third-order valence-electron chi connectivity index (χ3n) is 3.61. The summed E-state index contributed by atoms with van der Waals surface area (Å²) in [6.07, 6.45) is -0.825. The zero-order valence-corrected chi connectivity index (χ0v) is 11.9. The Hall–Kier alpha value is -0.940. The van der Waals surface area contributed by atoms with Crippen LogP contribution in [0.4, 0.5) is 18.9 Å². The minimum absolute atomic E-state index is 0.00373. The molecule has 0 amide bonds. The van der Waals surface area contributed by atoms with Gasteiger partial charge < -0.3 is 10.1 Å². The second-order valence-corrected chi connectivity index (χ2v) is 5.49. The fourth-order valence-electron chi connectivity index (χ4n) is 2.59. The van der Waals surface area contributed by atoms with Crippen molar-refractivity contribution in [2.24, 2.45) is 0 Å². The highest BCUT2D eigenvalue weighted by Gasteiger charge is 2.34. The van der Waals surface area contributed by atoms with Crippen LogP contribution in [0.3, 0.4) is 0 Å². The Morgan fingerprint density at radius 1 is 1.30 bits per heavy atom. The summed E-state index contributed by atoms with van der Waals surface area (Å²) in [6.45, 7) is 0. The Kier molecular flexibility index (Phi) is 4.81. The molecule has 2 nitrogen and oxygen atoms in total. The molecule has 1 saturated carbocycles. The molecule has 1 aliphatic carbocycles. The van der Waals surface area contributed by atoms with Crippen molar-refractivity contribution in [1.82, 2.24) is 0 Å². The van der Waals surface area contributed by atoms with Gasteiger partial charge in [0.05, 0.1) is 11.7 Å². The Morgan fingerprint density at radius 2 is 2.05 bits per heavy atom. The maximum Gasteiger partial charge on any atom is 0.418 e. The topological polar surface area (TPSA) is 21.3 Å². The average Bonchev–Trinajstić information content (AvgIpc) is 2.40. The quantitative estimate of drug-likeness (QED) is 0.871. The molecule has 1 fully saturated rings. The van der Waals surface area contributed by atoms with Crippen molar-refractivity contribution in [3.05, 3.63) is 28.8 Å². The molecule has 6 heteroatoms. The molecule has 112 valence electrons. The van der Waals surface area contributed by atoms with Gasteiger partial charge >= 0.3 is 6.18 Å². The van der Waals surface area contributed by atoms with Crippen LogP contribution in [0.5, 0.6) is 0 Å². The lowest BCUT2D eigenvalue weighted by Gasteiger charge is -2.30. The van der Waals surface area contributed by atoms with Gasteiger partial charge in [-0.05, 0) is 43.9 Å². The van der Waals surface area contributed by atoms with Gasteiger partial charge in [0.1, 0.15) is 0 Å². The van der Waals surface area contributed by atoms with E-state index in [4.69, 9.17) is 16.3 Å². The zero-order chi connectivity index (χ0) is 14.8. The van der Waals surface area contributed by atoms with E-state index in [0.717, 1.165) is 31.7 Å². The van der Waals surface area contributed by atoms with Crippen LogP contribution in [0.1, 0.15) is 31.2 Å². The largest absolute Gasteiger partial charge is 0.418 e. The molecule has 1 aromatic carbocycles. The number of alkyl halides is 3. The molecule has 1 aliphatic rings. The predicted molar refractivity (Wildman–Crippen MR) is 73.1 cm³/mol. The minimum atomic E-state index is -4.41. The van der Waals surface area contributed by atoms with Gasteiger partial charge in [-0.3, -0.25) is 0 Å². The van der Waals surface area contributed by atoms with Gasteiger partial charge in [-0.1, -0.05) is 11.6 Å². The van der Waals surface area contributed by atoms with Gasteiger partial charge in [0, 0.05) is 23.9 Å². The third kappa shape index (κ3) is 3.79. The summed E-state index contributed by atoms with van der Waals surface area (Å²) < 4.78 is 44.3. The smallest absolute Gasteiger partial charge is 0.382 e. The molecule has 0 aromatic heterocycles. The van der Waals surface area contributed by atoms with Crippen LogP contribution in [0.2, 0.25) is 5.02 Å². The van der Waals surface area contributed by atoms with Crippen molar-refractivity contribution in [1.29, 1.82) is 0 Å². The molecule has 2 unspecified atom stereocenters. The fraction of sp³-hybridized carbons (Fsp3) is 0.571. The van der Waals surface area contributed by atoms with Crippen molar-refractivity contribution in [2.45, 2.75) is 44.0 Å². The maximum absolute atomic E-state index is 13.0. The molecule has 1 N–H and O–H groups in total. The Labute approximate surface area is 121 Å². The lowest BCUT2D eigenvalue weighted by Crippen LogP contribution is -2.31. The molecule has 0 aliphatic heterocycles. The second kappa shape index (κ2) is 6.22. The predicted octanol–water partition coefficient (Wildman–Crippen LogP) is 4.73. The summed E-state index contributed by atoms with van der Waals surface area (Å²) >= 11 is 5.66. The van der Waals surface area contributed by atoms with E-state index in [2.05, 4.69) is 5.32 Å². The summed E-state index contributed by atoms with van der Waals surface area (Å²) in [5.74, 6) is 0. The van der Waals surface area contributed by atoms with E-state index in [-0.39, 0.29) is 22.9 Å². The molecule has 1 aromatic rings. The fourth-order valence-corrected chi connectivity index (χ4v) is 2.76. The van der Waals surface area contributed by atoms with E-state index in [9.17, 15) is 13.2 Å². The first-order valence-corrected chi connectivity index (χ1v) is 6.94. The molecule has 0 spiro atoms. The van der Waals surface area contributed by atoms with E-state index in [1.807, 2.05) is 0 Å². The molecule has 0 radical (unpaired) electrons. The number of hydrogen-bond acceptors (Lipinski definition) is 2. The van der Waals surface area contributed by atoms with Crippen molar-refractivity contribution < 1.29 is 17.9 Å². The molecule has 2 rings (SSSR count). The van der Waals surface area contributed by atoms with Crippen molar-refractivity contribution in [3.63, 3.8) is 0 Å². The monoisotopic (exact) mass is 307 g/mol. The molecule has 2 atom stereocenters. The maximum atomic E-state index is 13.0. The van der Waals surface area contributed by atoms with E-state index >= 15 is 0 Å². The highest BCUT2D eigenvalue weighted by Crippen LogP contribution is 2.37.